The van der Waals surface area contributed by atoms with Crippen LogP contribution in [0.4, 0.5) is 4.79 Å². The maximum atomic E-state index is 12.2. The summed E-state index contributed by atoms with van der Waals surface area (Å²) >= 11 is 6.01. The van der Waals surface area contributed by atoms with Gasteiger partial charge < -0.3 is 16.0 Å². The first-order chi connectivity index (χ1) is 11.0. The fourth-order valence-electron chi connectivity index (χ4n) is 2.72. The Morgan fingerprint density at radius 3 is 2.65 bits per heavy atom. The van der Waals surface area contributed by atoms with E-state index in [1.807, 2.05) is 31.2 Å². The number of primary amides is 1. The number of benzene rings is 1. The molecule has 1 aromatic rings. The van der Waals surface area contributed by atoms with Gasteiger partial charge in [-0.3, -0.25) is 4.79 Å². The zero-order valence-electron chi connectivity index (χ0n) is 13.2. The Balaban J connectivity index is 1.96. The second kappa shape index (κ2) is 8.02. The van der Waals surface area contributed by atoms with Crippen LogP contribution >= 0.6 is 11.6 Å². The molecule has 1 fully saturated rings. The third-order valence-electron chi connectivity index (χ3n) is 4.03. The first-order valence-corrected chi connectivity index (χ1v) is 8.18. The van der Waals surface area contributed by atoms with Crippen LogP contribution in [0, 0.1) is 0 Å². The molecule has 1 aliphatic heterocycles. The van der Waals surface area contributed by atoms with E-state index >= 15 is 0 Å². The van der Waals surface area contributed by atoms with Gasteiger partial charge in [0.1, 0.15) is 0 Å². The lowest BCUT2D eigenvalue weighted by atomic mass is 10.0. The van der Waals surface area contributed by atoms with E-state index in [1.54, 1.807) is 11.0 Å². The number of hydrogen-bond donors (Lipinski definition) is 2. The molecule has 0 bridgehead atoms. The van der Waals surface area contributed by atoms with E-state index in [9.17, 15) is 9.59 Å². The summed E-state index contributed by atoms with van der Waals surface area (Å²) in [6, 6.07) is 7.16. The van der Waals surface area contributed by atoms with Gasteiger partial charge >= 0.3 is 6.03 Å². The summed E-state index contributed by atoms with van der Waals surface area (Å²) in [5, 5.41) is 3.65. The molecule has 1 aromatic carbocycles. The summed E-state index contributed by atoms with van der Waals surface area (Å²) in [4.78, 5) is 24.9. The molecule has 0 unspecified atom stereocenters. The summed E-state index contributed by atoms with van der Waals surface area (Å²) in [7, 11) is 0. The van der Waals surface area contributed by atoms with Gasteiger partial charge in [-0.25, -0.2) is 4.79 Å². The molecule has 3 N–H and O–H groups in total. The van der Waals surface area contributed by atoms with Crippen molar-refractivity contribution in [2.24, 2.45) is 5.73 Å². The number of urea groups is 1. The van der Waals surface area contributed by atoms with Gasteiger partial charge in [-0.2, -0.15) is 0 Å². The van der Waals surface area contributed by atoms with Crippen LogP contribution in [0.5, 0.6) is 0 Å². The van der Waals surface area contributed by atoms with Crippen LogP contribution in [0.15, 0.2) is 30.3 Å². The van der Waals surface area contributed by atoms with Gasteiger partial charge in [0.05, 0.1) is 0 Å². The number of allylic oxidation sites excluding steroid dienone is 1. The summed E-state index contributed by atoms with van der Waals surface area (Å²) < 4.78 is 0. The van der Waals surface area contributed by atoms with Crippen LogP contribution < -0.4 is 11.1 Å². The Kier molecular flexibility index (Phi) is 6.04. The van der Waals surface area contributed by atoms with Crippen molar-refractivity contribution in [2.75, 3.05) is 13.1 Å². The molecule has 0 spiro atoms. The standard InChI is InChI=1S/C17H22ClN3O2/c1-2-12(13-4-3-5-14(18)10-13)11-16(22)20-15-6-8-21(9-7-15)17(19)23/h3-5,10-11,15H,2,6-9H2,1H3,(H2,19,23)(H,20,22)/b12-11-. The number of amides is 3. The van der Waals surface area contributed by atoms with E-state index < -0.39 is 6.03 Å². The number of carbonyl (C=O) groups is 2. The predicted molar refractivity (Wildman–Crippen MR) is 92.0 cm³/mol. The van der Waals surface area contributed by atoms with E-state index in [0.29, 0.717) is 18.1 Å². The highest BCUT2D eigenvalue weighted by Gasteiger charge is 2.22. The minimum Gasteiger partial charge on any atom is -0.351 e. The summed E-state index contributed by atoms with van der Waals surface area (Å²) in [6.45, 7) is 3.17. The number of halogens is 1. The molecule has 6 heteroatoms. The topological polar surface area (TPSA) is 75.4 Å². The average molecular weight is 336 g/mol. The van der Waals surface area contributed by atoms with Crippen LogP contribution in [0.25, 0.3) is 5.57 Å². The highest BCUT2D eigenvalue weighted by molar-refractivity contribution is 6.30. The molecular formula is C17H22ClN3O2. The van der Waals surface area contributed by atoms with Crippen LogP contribution in [0.1, 0.15) is 31.7 Å². The molecule has 1 heterocycles. The average Bonchev–Trinajstić information content (AvgIpc) is 2.53. The number of nitrogens with two attached hydrogens (primary N) is 1. The van der Waals surface area contributed by atoms with E-state index in [-0.39, 0.29) is 11.9 Å². The molecule has 1 aliphatic rings. The minimum absolute atomic E-state index is 0.0758. The maximum Gasteiger partial charge on any atom is 0.314 e. The van der Waals surface area contributed by atoms with Gasteiger partial charge in [0.15, 0.2) is 0 Å². The van der Waals surface area contributed by atoms with Crippen LogP contribution in [-0.4, -0.2) is 36.0 Å². The number of hydrogen-bond acceptors (Lipinski definition) is 2. The summed E-state index contributed by atoms with van der Waals surface area (Å²) in [5.41, 5.74) is 7.15. The number of nitrogens with zero attached hydrogens (tertiary/aromatic N) is 1. The second-order valence-corrected chi connectivity index (χ2v) is 6.08. The molecule has 3 amide bonds. The molecule has 0 saturated carbocycles. The normalized spacial score (nSPS) is 16.3. The van der Waals surface area contributed by atoms with Gasteiger partial charge in [0.2, 0.25) is 5.91 Å². The van der Waals surface area contributed by atoms with Crippen molar-refractivity contribution in [3.63, 3.8) is 0 Å². The minimum atomic E-state index is -0.399. The van der Waals surface area contributed by atoms with Gasteiger partial charge in [-0.05, 0) is 42.5 Å². The van der Waals surface area contributed by atoms with Crippen molar-refractivity contribution in [1.29, 1.82) is 0 Å². The monoisotopic (exact) mass is 335 g/mol. The van der Waals surface area contributed by atoms with Gasteiger partial charge in [0.25, 0.3) is 0 Å². The number of rotatable bonds is 4. The summed E-state index contributed by atoms with van der Waals surface area (Å²) in [5.74, 6) is -0.112. The second-order valence-electron chi connectivity index (χ2n) is 5.64. The summed E-state index contributed by atoms with van der Waals surface area (Å²) in [6.07, 6.45) is 3.82. The molecule has 2 rings (SSSR count). The largest absolute Gasteiger partial charge is 0.351 e. The predicted octanol–water partition coefficient (Wildman–Crippen LogP) is 2.79. The number of likely N-dealkylation sites (tertiary alicyclic amines) is 1. The Morgan fingerprint density at radius 1 is 1.39 bits per heavy atom. The van der Waals surface area contributed by atoms with Crippen molar-refractivity contribution in [1.82, 2.24) is 10.2 Å². The third kappa shape index (κ3) is 4.99. The Bertz CT molecular complexity index is 608. The SMILES string of the molecule is CC/C(=C/C(=O)NC1CCN(C(N)=O)CC1)c1cccc(Cl)c1. The molecule has 0 atom stereocenters. The maximum absolute atomic E-state index is 12.2. The highest BCUT2D eigenvalue weighted by Crippen LogP contribution is 2.21. The lowest BCUT2D eigenvalue weighted by molar-refractivity contribution is -0.117. The molecule has 0 aromatic heterocycles. The van der Waals surface area contributed by atoms with Gasteiger partial charge in [0, 0.05) is 30.2 Å². The Morgan fingerprint density at radius 2 is 2.09 bits per heavy atom. The molecule has 23 heavy (non-hydrogen) atoms. The molecule has 5 nitrogen and oxygen atoms in total. The molecule has 124 valence electrons. The fourth-order valence-corrected chi connectivity index (χ4v) is 2.91. The Labute approximate surface area is 141 Å². The van der Waals surface area contributed by atoms with Crippen molar-refractivity contribution < 1.29 is 9.59 Å². The quantitative estimate of drug-likeness (QED) is 0.830. The van der Waals surface area contributed by atoms with Crippen LogP contribution in [-0.2, 0) is 4.79 Å². The third-order valence-corrected chi connectivity index (χ3v) is 4.27. The smallest absolute Gasteiger partial charge is 0.314 e. The number of nitrogens with one attached hydrogen (secondary N) is 1. The lowest BCUT2D eigenvalue weighted by Crippen LogP contribution is -2.47. The number of carbonyl (C=O) groups excluding carboxylic acids is 2. The first kappa shape index (κ1) is 17.3. The fraction of sp³-hybridized carbons (Fsp3) is 0.412. The van der Waals surface area contributed by atoms with E-state index in [4.69, 9.17) is 17.3 Å². The van der Waals surface area contributed by atoms with E-state index in [1.165, 1.54) is 0 Å². The van der Waals surface area contributed by atoms with Crippen molar-refractivity contribution in [3.8, 4) is 0 Å². The van der Waals surface area contributed by atoms with Gasteiger partial charge in [-0.1, -0.05) is 30.7 Å². The number of piperidine rings is 1. The highest BCUT2D eigenvalue weighted by atomic mass is 35.5. The van der Waals surface area contributed by atoms with Crippen molar-refractivity contribution >= 4 is 29.1 Å². The lowest BCUT2D eigenvalue weighted by Gasteiger charge is -2.30. The first-order valence-electron chi connectivity index (χ1n) is 7.81. The Hall–Kier alpha value is -2.01. The molecular weight excluding hydrogens is 314 g/mol. The van der Waals surface area contributed by atoms with E-state index in [2.05, 4.69) is 5.32 Å². The zero-order valence-corrected chi connectivity index (χ0v) is 14.0. The molecule has 1 saturated heterocycles. The van der Waals surface area contributed by atoms with E-state index in [0.717, 1.165) is 30.4 Å². The molecule has 0 aliphatic carbocycles. The van der Waals surface area contributed by atoms with Crippen LogP contribution in [0.2, 0.25) is 5.02 Å². The molecule has 0 radical (unpaired) electrons. The van der Waals surface area contributed by atoms with Crippen molar-refractivity contribution in [2.45, 2.75) is 32.2 Å². The van der Waals surface area contributed by atoms with Gasteiger partial charge in [-0.15, -0.1) is 0 Å². The zero-order chi connectivity index (χ0) is 16.8. The van der Waals surface area contributed by atoms with Crippen molar-refractivity contribution in [3.05, 3.63) is 40.9 Å². The van der Waals surface area contributed by atoms with Crippen LogP contribution in [0.3, 0.4) is 0 Å².